The summed E-state index contributed by atoms with van der Waals surface area (Å²) >= 11 is 0. The van der Waals surface area contributed by atoms with E-state index in [0.717, 1.165) is 49.9 Å². The zero-order valence-corrected chi connectivity index (χ0v) is 14.2. The van der Waals surface area contributed by atoms with Crippen molar-refractivity contribution in [3.8, 4) is 6.07 Å². The summed E-state index contributed by atoms with van der Waals surface area (Å²) in [6.07, 6.45) is 9.12. The Balaban J connectivity index is 1.62. The summed E-state index contributed by atoms with van der Waals surface area (Å²) in [5.41, 5.74) is 3.18. The summed E-state index contributed by atoms with van der Waals surface area (Å²) in [6.45, 7) is 2.02. The fourth-order valence-corrected chi connectivity index (χ4v) is 4.48. The molecule has 2 fully saturated rings. The van der Waals surface area contributed by atoms with Gasteiger partial charge in [0.25, 0.3) is 0 Å². The van der Waals surface area contributed by atoms with Crippen molar-refractivity contribution < 1.29 is 0 Å². The van der Waals surface area contributed by atoms with Crippen LogP contribution in [0.25, 0.3) is 22.1 Å². The van der Waals surface area contributed by atoms with E-state index in [1.165, 1.54) is 16.7 Å². The van der Waals surface area contributed by atoms with Crippen LogP contribution in [0.1, 0.15) is 49.9 Å². The molecule has 1 saturated heterocycles. The molecular weight excluding hydrogens is 312 g/mol. The van der Waals surface area contributed by atoms with Gasteiger partial charge in [0.2, 0.25) is 0 Å². The summed E-state index contributed by atoms with van der Waals surface area (Å²) < 4.78 is 2.52. The molecule has 1 saturated carbocycles. The zero-order chi connectivity index (χ0) is 16.8. The molecule has 2 N–H and O–H groups in total. The molecule has 4 heterocycles. The Hall–Kier alpha value is -2.39. The molecule has 0 aromatic carbocycles. The number of aromatic amines is 1. The average Bonchev–Trinajstić information content (AvgIpc) is 3.18. The van der Waals surface area contributed by atoms with Gasteiger partial charge in [-0.25, -0.2) is 9.97 Å². The van der Waals surface area contributed by atoms with Crippen LogP contribution in [0.3, 0.4) is 0 Å². The first-order valence-corrected chi connectivity index (χ1v) is 9.26. The summed E-state index contributed by atoms with van der Waals surface area (Å²) in [7, 11) is 0. The van der Waals surface area contributed by atoms with Crippen molar-refractivity contribution in [2.75, 3.05) is 13.1 Å². The zero-order valence-electron chi connectivity index (χ0n) is 14.2. The fourth-order valence-electron chi connectivity index (χ4n) is 4.48. The van der Waals surface area contributed by atoms with E-state index >= 15 is 0 Å². The molecule has 0 radical (unpaired) electrons. The smallest absolute Gasteiger partial charge is 0.139 e. The highest BCUT2D eigenvalue weighted by molar-refractivity contribution is 6.01. The van der Waals surface area contributed by atoms with Gasteiger partial charge in [0.05, 0.1) is 17.8 Å². The first kappa shape index (κ1) is 14.9. The van der Waals surface area contributed by atoms with Crippen LogP contribution in [0.4, 0.5) is 0 Å². The summed E-state index contributed by atoms with van der Waals surface area (Å²) in [4.78, 5) is 12.7. The maximum absolute atomic E-state index is 8.98. The Morgan fingerprint density at radius 3 is 2.80 bits per heavy atom. The van der Waals surface area contributed by atoms with Gasteiger partial charge < -0.3 is 14.9 Å². The van der Waals surface area contributed by atoms with Crippen LogP contribution >= 0.6 is 0 Å². The van der Waals surface area contributed by atoms with E-state index in [2.05, 4.69) is 32.0 Å². The van der Waals surface area contributed by atoms with Crippen LogP contribution in [-0.2, 0) is 0 Å². The Morgan fingerprint density at radius 1 is 1.24 bits per heavy atom. The van der Waals surface area contributed by atoms with Gasteiger partial charge in [-0.05, 0) is 37.7 Å². The third-order valence-corrected chi connectivity index (χ3v) is 5.97. The number of hydrogen-bond acceptors (Lipinski definition) is 4. The molecule has 6 nitrogen and oxygen atoms in total. The van der Waals surface area contributed by atoms with E-state index in [4.69, 9.17) is 10.2 Å². The molecule has 0 atom stereocenters. The van der Waals surface area contributed by atoms with Crippen LogP contribution in [0.5, 0.6) is 0 Å². The van der Waals surface area contributed by atoms with Gasteiger partial charge in [0.1, 0.15) is 17.0 Å². The van der Waals surface area contributed by atoms with Crippen molar-refractivity contribution in [2.24, 2.45) is 5.92 Å². The van der Waals surface area contributed by atoms with E-state index < -0.39 is 0 Å². The number of hydrogen-bond donors (Lipinski definition) is 2. The van der Waals surface area contributed by atoms with Gasteiger partial charge in [0, 0.05) is 43.1 Å². The topological polar surface area (TPSA) is 82.3 Å². The van der Waals surface area contributed by atoms with E-state index in [1.54, 1.807) is 0 Å². The van der Waals surface area contributed by atoms with E-state index in [9.17, 15) is 0 Å². The third kappa shape index (κ3) is 2.34. The van der Waals surface area contributed by atoms with Gasteiger partial charge in [-0.3, -0.25) is 0 Å². The van der Waals surface area contributed by atoms with E-state index in [1.807, 2.05) is 12.4 Å². The highest BCUT2D eigenvalue weighted by atomic mass is 15.1. The molecule has 25 heavy (non-hydrogen) atoms. The number of aromatic nitrogens is 4. The monoisotopic (exact) mass is 334 g/mol. The number of H-pyrrole nitrogens is 1. The van der Waals surface area contributed by atoms with Crippen LogP contribution in [0.2, 0.25) is 0 Å². The van der Waals surface area contributed by atoms with Crippen LogP contribution in [0, 0.1) is 17.2 Å². The first-order chi connectivity index (χ1) is 12.3. The molecule has 1 aliphatic carbocycles. The van der Waals surface area contributed by atoms with Crippen molar-refractivity contribution >= 4 is 22.1 Å². The van der Waals surface area contributed by atoms with Crippen LogP contribution in [0.15, 0.2) is 18.5 Å². The maximum atomic E-state index is 8.98. The lowest BCUT2D eigenvalue weighted by Gasteiger charge is -2.33. The average molecular weight is 334 g/mol. The maximum Gasteiger partial charge on any atom is 0.139 e. The lowest BCUT2D eigenvalue weighted by Crippen LogP contribution is -2.41. The van der Waals surface area contributed by atoms with E-state index in [-0.39, 0.29) is 0 Å². The highest BCUT2D eigenvalue weighted by Crippen LogP contribution is 2.39. The standard InChI is InChI=1S/C19H22N6/c20-7-5-12-1-3-14(4-2-12)25-17-15-6-8-22-18(15)23-11-16(17)24-19(25)13-9-21-10-13/h6,8,11-14,21H,1-5,9-10H2,(H,22,23). The van der Waals surface area contributed by atoms with E-state index in [0.29, 0.717) is 24.3 Å². The number of nitrogens with one attached hydrogen (secondary N) is 2. The Bertz CT molecular complexity index is 950. The minimum atomic E-state index is 0.482. The number of rotatable bonds is 3. The van der Waals surface area contributed by atoms with Crippen LogP contribution in [-0.4, -0.2) is 32.6 Å². The second-order valence-corrected chi connectivity index (χ2v) is 7.46. The minimum Gasteiger partial charge on any atom is -0.346 e. The van der Waals surface area contributed by atoms with Crippen molar-refractivity contribution in [3.63, 3.8) is 0 Å². The van der Waals surface area contributed by atoms with Crippen molar-refractivity contribution in [2.45, 2.75) is 44.1 Å². The molecule has 0 bridgehead atoms. The summed E-state index contributed by atoms with van der Waals surface area (Å²) in [6, 6.07) is 4.95. The van der Waals surface area contributed by atoms with Gasteiger partial charge >= 0.3 is 0 Å². The van der Waals surface area contributed by atoms with Crippen molar-refractivity contribution in [3.05, 3.63) is 24.3 Å². The number of pyridine rings is 1. The lowest BCUT2D eigenvalue weighted by molar-refractivity contribution is 0.270. The molecule has 0 amide bonds. The molecule has 128 valence electrons. The van der Waals surface area contributed by atoms with Gasteiger partial charge in [-0.15, -0.1) is 0 Å². The quantitative estimate of drug-likeness (QED) is 0.770. The summed E-state index contributed by atoms with van der Waals surface area (Å²) in [5.74, 6) is 2.28. The minimum absolute atomic E-state index is 0.482. The largest absolute Gasteiger partial charge is 0.346 e. The normalized spacial score (nSPS) is 24.4. The van der Waals surface area contributed by atoms with Gasteiger partial charge in [0.15, 0.2) is 0 Å². The molecule has 1 aliphatic heterocycles. The van der Waals surface area contributed by atoms with Gasteiger partial charge in [-0.2, -0.15) is 5.26 Å². The molecule has 0 spiro atoms. The predicted molar refractivity (Wildman–Crippen MR) is 96.2 cm³/mol. The molecule has 0 unspecified atom stereocenters. The lowest BCUT2D eigenvalue weighted by atomic mass is 9.84. The Kier molecular flexibility index (Phi) is 3.49. The SMILES string of the molecule is N#CCC1CCC(n2c(C3CNC3)nc3cnc4[nH]ccc4c32)CC1. The second kappa shape index (κ2) is 5.85. The molecule has 5 rings (SSSR count). The molecular formula is C19H22N6. The predicted octanol–water partition coefficient (Wildman–Crippen LogP) is 3.24. The molecule has 6 heteroatoms. The third-order valence-electron chi connectivity index (χ3n) is 5.97. The number of fused-ring (bicyclic) bond motifs is 3. The Morgan fingerprint density at radius 2 is 2.08 bits per heavy atom. The second-order valence-electron chi connectivity index (χ2n) is 7.46. The van der Waals surface area contributed by atoms with Crippen molar-refractivity contribution in [1.82, 2.24) is 24.8 Å². The number of nitrogens with zero attached hydrogens (tertiary/aromatic N) is 4. The highest BCUT2D eigenvalue weighted by Gasteiger charge is 2.31. The van der Waals surface area contributed by atoms with Gasteiger partial charge in [-0.1, -0.05) is 0 Å². The van der Waals surface area contributed by atoms with Crippen molar-refractivity contribution in [1.29, 1.82) is 5.26 Å². The number of nitriles is 1. The first-order valence-electron chi connectivity index (χ1n) is 9.26. The fraction of sp³-hybridized carbons (Fsp3) is 0.526. The Labute approximate surface area is 146 Å². The van der Waals surface area contributed by atoms with Crippen LogP contribution < -0.4 is 5.32 Å². The number of imidazole rings is 1. The molecule has 3 aromatic rings. The molecule has 2 aliphatic rings. The molecule has 3 aromatic heterocycles. The summed E-state index contributed by atoms with van der Waals surface area (Å²) in [5, 5.41) is 13.5.